The van der Waals surface area contributed by atoms with Crippen LogP contribution in [0.4, 0.5) is 15.8 Å². The summed E-state index contributed by atoms with van der Waals surface area (Å²) < 4.78 is 19.0. The summed E-state index contributed by atoms with van der Waals surface area (Å²) in [5.74, 6) is -0.698. The minimum atomic E-state index is -0.556. The van der Waals surface area contributed by atoms with Crippen LogP contribution in [0.3, 0.4) is 0 Å². The van der Waals surface area contributed by atoms with Gasteiger partial charge in [-0.2, -0.15) is 0 Å². The van der Waals surface area contributed by atoms with Crippen molar-refractivity contribution in [3.8, 4) is 5.75 Å². The lowest BCUT2D eigenvalue weighted by atomic mass is 10.1. The Morgan fingerprint density at radius 1 is 1.38 bits per heavy atom. The van der Waals surface area contributed by atoms with Gasteiger partial charge >= 0.3 is 0 Å². The van der Waals surface area contributed by atoms with Crippen LogP contribution in [0.15, 0.2) is 34.8 Å². The summed E-state index contributed by atoms with van der Waals surface area (Å²) in [4.78, 5) is 12.2. The third-order valence-electron chi connectivity index (χ3n) is 2.72. The van der Waals surface area contributed by atoms with Crippen LogP contribution < -0.4 is 15.8 Å². The number of amides is 1. The highest BCUT2D eigenvalue weighted by Crippen LogP contribution is 2.36. The number of nitrogens with two attached hydrogens (primary N) is 1. The van der Waals surface area contributed by atoms with Crippen LogP contribution >= 0.6 is 27.5 Å². The molecular formula is C14H11BrClFN2O2. The third kappa shape index (κ3) is 3.46. The number of carbonyl (C=O) groups is 1. The van der Waals surface area contributed by atoms with Crippen molar-refractivity contribution in [1.29, 1.82) is 0 Å². The molecule has 0 heterocycles. The fourth-order valence-corrected chi connectivity index (χ4v) is 2.75. The van der Waals surface area contributed by atoms with Gasteiger partial charge in [0.05, 0.1) is 22.8 Å². The molecule has 2 rings (SSSR count). The van der Waals surface area contributed by atoms with Crippen molar-refractivity contribution < 1.29 is 13.9 Å². The van der Waals surface area contributed by atoms with Crippen molar-refractivity contribution in [1.82, 2.24) is 0 Å². The van der Waals surface area contributed by atoms with E-state index in [1.165, 1.54) is 25.3 Å². The molecule has 0 radical (unpaired) electrons. The summed E-state index contributed by atoms with van der Waals surface area (Å²) in [6.45, 7) is 0. The Morgan fingerprint density at radius 2 is 2.10 bits per heavy atom. The Hall–Kier alpha value is -1.79. The van der Waals surface area contributed by atoms with Gasteiger partial charge in [-0.1, -0.05) is 11.6 Å². The van der Waals surface area contributed by atoms with E-state index in [4.69, 9.17) is 22.1 Å². The predicted molar refractivity (Wildman–Crippen MR) is 84.5 cm³/mol. The predicted octanol–water partition coefficient (Wildman–Crippen LogP) is 4.08. The summed E-state index contributed by atoms with van der Waals surface area (Å²) in [7, 11) is 1.46. The van der Waals surface area contributed by atoms with Crippen LogP contribution in [0, 0.1) is 5.82 Å². The van der Waals surface area contributed by atoms with Gasteiger partial charge in [0, 0.05) is 10.7 Å². The van der Waals surface area contributed by atoms with Crippen molar-refractivity contribution in [2.75, 3.05) is 18.2 Å². The second-order valence-electron chi connectivity index (χ2n) is 4.15. The molecule has 3 N–H and O–H groups in total. The molecule has 0 bridgehead atoms. The fraction of sp³-hybridized carbons (Fsp3) is 0.0714. The van der Waals surface area contributed by atoms with E-state index >= 15 is 0 Å². The Balaban J connectivity index is 2.38. The second kappa shape index (κ2) is 6.32. The number of carbonyl (C=O) groups excluding carboxylic acids is 1. The molecule has 7 heteroatoms. The molecule has 0 unspecified atom stereocenters. The third-order valence-corrected chi connectivity index (χ3v) is 3.53. The SMILES string of the molecule is COc1c(Br)cc(Cl)cc1NC(=O)c1cc(F)ccc1N. The Morgan fingerprint density at radius 3 is 2.76 bits per heavy atom. The fourth-order valence-electron chi connectivity index (χ4n) is 1.78. The Kier molecular flexibility index (Phi) is 4.69. The maximum Gasteiger partial charge on any atom is 0.257 e. The van der Waals surface area contributed by atoms with Gasteiger partial charge < -0.3 is 15.8 Å². The second-order valence-corrected chi connectivity index (χ2v) is 5.44. The molecule has 1 amide bonds. The Labute approximate surface area is 134 Å². The average molecular weight is 374 g/mol. The topological polar surface area (TPSA) is 64.3 Å². The van der Waals surface area contributed by atoms with E-state index in [2.05, 4.69) is 21.2 Å². The summed E-state index contributed by atoms with van der Waals surface area (Å²) in [5, 5.41) is 3.01. The van der Waals surface area contributed by atoms with Crippen molar-refractivity contribution >= 4 is 44.8 Å². The summed E-state index contributed by atoms with van der Waals surface area (Å²) in [5.41, 5.74) is 6.24. The first-order valence-corrected chi connectivity index (χ1v) is 6.99. The molecule has 0 aliphatic heterocycles. The van der Waals surface area contributed by atoms with Gasteiger partial charge in [-0.25, -0.2) is 4.39 Å². The van der Waals surface area contributed by atoms with E-state index < -0.39 is 11.7 Å². The van der Waals surface area contributed by atoms with Gasteiger partial charge in [0.15, 0.2) is 5.75 Å². The van der Waals surface area contributed by atoms with Crippen LogP contribution in [0.2, 0.25) is 5.02 Å². The first-order chi connectivity index (χ1) is 9.92. The first-order valence-electron chi connectivity index (χ1n) is 5.81. The molecule has 21 heavy (non-hydrogen) atoms. The largest absolute Gasteiger partial charge is 0.493 e. The Bertz CT molecular complexity index is 710. The van der Waals surface area contributed by atoms with Gasteiger partial charge in [-0.05, 0) is 46.3 Å². The van der Waals surface area contributed by atoms with E-state index in [-0.39, 0.29) is 11.3 Å². The molecule has 0 saturated heterocycles. The van der Waals surface area contributed by atoms with Gasteiger partial charge in [0.25, 0.3) is 5.91 Å². The monoisotopic (exact) mass is 372 g/mol. The van der Waals surface area contributed by atoms with E-state index in [1.807, 2.05) is 0 Å². The minimum absolute atomic E-state index is 0.0353. The van der Waals surface area contributed by atoms with Gasteiger partial charge in [0.1, 0.15) is 5.82 Å². The quantitative estimate of drug-likeness (QED) is 0.797. The number of rotatable bonds is 3. The molecule has 110 valence electrons. The lowest BCUT2D eigenvalue weighted by Gasteiger charge is -2.13. The number of hydrogen-bond donors (Lipinski definition) is 2. The van der Waals surface area contributed by atoms with E-state index in [0.29, 0.717) is 20.9 Å². The average Bonchev–Trinajstić information content (AvgIpc) is 2.41. The standard InChI is InChI=1S/C14H11BrClFN2O2/c1-21-13-10(15)4-7(16)5-12(13)19-14(20)9-6-8(17)2-3-11(9)18/h2-6H,18H2,1H3,(H,19,20). The molecule has 0 aliphatic rings. The van der Waals surface area contributed by atoms with Crippen LogP contribution in [0.1, 0.15) is 10.4 Å². The molecule has 4 nitrogen and oxygen atoms in total. The summed E-state index contributed by atoms with van der Waals surface area (Å²) in [6.07, 6.45) is 0. The minimum Gasteiger partial charge on any atom is -0.493 e. The molecule has 0 spiro atoms. The number of methoxy groups -OCH3 is 1. The first kappa shape index (κ1) is 15.6. The van der Waals surface area contributed by atoms with Crippen molar-refractivity contribution in [3.05, 3.63) is 51.2 Å². The zero-order valence-electron chi connectivity index (χ0n) is 10.9. The van der Waals surface area contributed by atoms with Crippen LogP contribution in [0.5, 0.6) is 5.75 Å². The molecule has 0 aliphatic carbocycles. The highest BCUT2D eigenvalue weighted by atomic mass is 79.9. The van der Waals surface area contributed by atoms with E-state index in [1.54, 1.807) is 6.07 Å². The van der Waals surface area contributed by atoms with Gasteiger partial charge in [-0.15, -0.1) is 0 Å². The maximum absolute atomic E-state index is 13.2. The lowest BCUT2D eigenvalue weighted by Crippen LogP contribution is -2.15. The van der Waals surface area contributed by atoms with E-state index in [0.717, 1.165) is 6.07 Å². The molecule has 0 fully saturated rings. The van der Waals surface area contributed by atoms with Crippen LogP contribution in [0.25, 0.3) is 0 Å². The van der Waals surface area contributed by atoms with Crippen LogP contribution in [-0.2, 0) is 0 Å². The number of ether oxygens (including phenoxy) is 1. The van der Waals surface area contributed by atoms with Gasteiger partial charge in [0.2, 0.25) is 0 Å². The van der Waals surface area contributed by atoms with Crippen molar-refractivity contribution in [2.45, 2.75) is 0 Å². The number of hydrogen-bond acceptors (Lipinski definition) is 3. The molecular weight excluding hydrogens is 363 g/mol. The summed E-state index contributed by atoms with van der Waals surface area (Å²) >= 11 is 9.23. The smallest absolute Gasteiger partial charge is 0.257 e. The maximum atomic E-state index is 13.2. The number of halogens is 3. The van der Waals surface area contributed by atoms with Crippen LogP contribution in [-0.4, -0.2) is 13.0 Å². The number of benzene rings is 2. The molecule has 2 aromatic rings. The molecule has 0 saturated carbocycles. The molecule has 0 aromatic heterocycles. The molecule has 2 aromatic carbocycles. The highest BCUT2D eigenvalue weighted by molar-refractivity contribution is 9.10. The van der Waals surface area contributed by atoms with Gasteiger partial charge in [-0.3, -0.25) is 4.79 Å². The lowest BCUT2D eigenvalue weighted by molar-refractivity contribution is 0.102. The number of nitrogens with one attached hydrogen (secondary N) is 1. The van der Waals surface area contributed by atoms with E-state index in [9.17, 15) is 9.18 Å². The normalized spacial score (nSPS) is 10.3. The number of anilines is 2. The van der Waals surface area contributed by atoms with Crippen molar-refractivity contribution in [2.24, 2.45) is 0 Å². The number of nitrogen functional groups attached to an aromatic ring is 1. The summed E-state index contributed by atoms with van der Waals surface area (Å²) in [6, 6.07) is 6.74. The molecule has 0 atom stereocenters. The zero-order valence-corrected chi connectivity index (χ0v) is 13.3. The van der Waals surface area contributed by atoms with Crippen molar-refractivity contribution in [3.63, 3.8) is 0 Å². The zero-order chi connectivity index (χ0) is 15.6. The highest BCUT2D eigenvalue weighted by Gasteiger charge is 2.16.